The third kappa shape index (κ3) is 3.90. The molecule has 4 nitrogen and oxygen atoms in total. The van der Waals surface area contributed by atoms with Gasteiger partial charge in [-0.15, -0.1) is 0 Å². The lowest BCUT2D eigenvalue weighted by molar-refractivity contribution is 0.494. The summed E-state index contributed by atoms with van der Waals surface area (Å²) in [6.07, 6.45) is 3.90. The Balaban J connectivity index is 1.88. The molecule has 1 saturated heterocycles. The smallest absolute Gasteiger partial charge is 0.225 e. The summed E-state index contributed by atoms with van der Waals surface area (Å²) in [5, 5.41) is 3.41. The first-order valence-corrected chi connectivity index (χ1v) is 7.33. The van der Waals surface area contributed by atoms with Crippen molar-refractivity contribution in [2.24, 2.45) is 17.8 Å². The molecule has 2 unspecified atom stereocenters. The van der Waals surface area contributed by atoms with E-state index in [0.717, 1.165) is 49.5 Å². The Morgan fingerprint density at radius 1 is 1.21 bits per heavy atom. The first kappa shape index (κ1) is 14.3. The van der Waals surface area contributed by atoms with Crippen molar-refractivity contribution in [3.8, 4) is 0 Å². The standard InChI is InChI=1S/C15H26N4/c1-11(2)5-16-6-14-7-17-15(18-8-14)19-9-12(3)13(4)10-19/h7-8,11-13,16H,5-6,9-10H2,1-4H3. The molecule has 0 aromatic carbocycles. The number of anilines is 1. The molecule has 0 aliphatic carbocycles. The van der Waals surface area contributed by atoms with Crippen molar-refractivity contribution in [3.63, 3.8) is 0 Å². The number of rotatable bonds is 5. The highest BCUT2D eigenvalue weighted by atomic mass is 15.3. The van der Waals surface area contributed by atoms with Gasteiger partial charge in [0.2, 0.25) is 5.95 Å². The van der Waals surface area contributed by atoms with E-state index in [-0.39, 0.29) is 0 Å². The molecule has 0 amide bonds. The second-order valence-corrected chi connectivity index (χ2v) is 6.28. The van der Waals surface area contributed by atoms with Crippen molar-refractivity contribution in [2.75, 3.05) is 24.5 Å². The molecule has 19 heavy (non-hydrogen) atoms. The highest BCUT2D eigenvalue weighted by molar-refractivity contribution is 5.32. The Hall–Kier alpha value is -1.16. The molecule has 1 aliphatic rings. The summed E-state index contributed by atoms with van der Waals surface area (Å²) < 4.78 is 0. The average Bonchev–Trinajstić information content (AvgIpc) is 2.70. The second kappa shape index (κ2) is 6.33. The number of nitrogens with one attached hydrogen (secondary N) is 1. The van der Waals surface area contributed by atoms with E-state index in [1.165, 1.54) is 0 Å². The van der Waals surface area contributed by atoms with Gasteiger partial charge in [0.25, 0.3) is 0 Å². The second-order valence-electron chi connectivity index (χ2n) is 6.28. The monoisotopic (exact) mass is 262 g/mol. The van der Waals surface area contributed by atoms with Crippen molar-refractivity contribution < 1.29 is 0 Å². The minimum Gasteiger partial charge on any atom is -0.340 e. The molecule has 1 aromatic rings. The van der Waals surface area contributed by atoms with Crippen LogP contribution in [0.15, 0.2) is 12.4 Å². The van der Waals surface area contributed by atoms with E-state index in [2.05, 4.69) is 47.9 Å². The molecule has 2 atom stereocenters. The van der Waals surface area contributed by atoms with Gasteiger partial charge in [-0.3, -0.25) is 0 Å². The van der Waals surface area contributed by atoms with E-state index >= 15 is 0 Å². The van der Waals surface area contributed by atoms with E-state index in [0.29, 0.717) is 5.92 Å². The summed E-state index contributed by atoms with van der Waals surface area (Å²) in [6, 6.07) is 0. The maximum atomic E-state index is 4.50. The summed E-state index contributed by atoms with van der Waals surface area (Å²) >= 11 is 0. The van der Waals surface area contributed by atoms with Crippen LogP contribution in [0.25, 0.3) is 0 Å². The summed E-state index contributed by atoms with van der Waals surface area (Å²) in [7, 11) is 0. The van der Waals surface area contributed by atoms with E-state index in [1.54, 1.807) is 0 Å². The number of nitrogens with zero attached hydrogens (tertiary/aromatic N) is 3. The van der Waals surface area contributed by atoms with Crippen LogP contribution in [0.2, 0.25) is 0 Å². The molecular formula is C15H26N4. The van der Waals surface area contributed by atoms with Crippen LogP contribution in [-0.4, -0.2) is 29.6 Å². The fourth-order valence-corrected chi connectivity index (χ4v) is 2.40. The average molecular weight is 262 g/mol. The van der Waals surface area contributed by atoms with Gasteiger partial charge in [0.15, 0.2) is 0 Å². The quantitative estimate of drug-likeness (QED) is 0.884. The fraction of sp³-hybridized carbons (Fsp3) is 0.733. The van der Waals surface area contributed by atoms with Crippen LogP contribution < -0.4 is 10.2 Å². The lowest BCUT2D eigenvalue weighted by Gasteiger charge is -2.15. The molecule has 2 rings (SSSR count). The molecule has 2 heterocycles. The van der Waals surface area contributed by atoms with Crippen LogP contribution in [0.1, 0.15) is 33.3 Å². The Bertz CT molecular complexity index is 378. The molecule has 0 saturated carbocycles. The predicted molar refractivity (Wildman–Crippen MR) is 79.1 cm³/mol. The topological polar surface area (TPSA) is 41.1 Å². The Morgan fingerprint density at radius 2 is 1.79 bits per heavy atom. The van der Waals surface area contributed by atoms with Gasteiger partial charge in [-0.1, -0.05) is 27.7 Å². The third-order valence-electron chi connectivity index (χ3n) is 3.84. The SMILES string of the molecule is CC(C)CNCc1cnc(N2CC(C)C(C)C2)nc1. The first-order valence-electron chi connectivity index (χ1n) is 7.33. The van der Waals surface area contributed by atoms with Gasteiger partial charge >= 0.3 is 0 Å². The highest BCUT2D eigenvalue weighted by Gasteiger charge is 2.27. The molecule has 0 bridgehead atoms. The number of hydrogen-bond donors (Lipinski definition) is 1. The van der Waals surface area contributed by atoms with Gasteiger partial charge in [0, 0.05) is 37.6 Å². The summed E-state index contributed by atoms with van der Waals surface area (Å²) in [6.45, 7) is 13.1. The highest BCUT2D eigenvalue weighted by Crippen LogP contribution is 2.24. The molecule has 0 radical (unpaired) electrons. The molecule has 1 aromatic heterocycles. The van der Waals surface area contributed by atoms with Crippen LogP contribution in [0.4, 0.5) is 5.95 Å². The molecule has 106 valence electrons. The predicted octanol–water partition coefficient (Wildman–Crippen LogP) is 2.31. The van der Waals surface area contributed by atoms with Crippen molar-refractivity contribution >= 4 is 5.95 Å². The van der Waals surface area contributed by atoms with Crippen molar-refractivity contribution in [2.45, 2.75) is 34.2 Å². The van der Waals surface area contributed by atoms with Gasteiger partial charge in [-0.05, 0) is 24.3 Å². The summed E-state index contributed by atoms with van der Waals surface area (Å²) in [5.41, 5.74) is 1.16. The van der Waals surface area contributed by atoms with Crippen LogP contribution in [-0.2, 0) is 6.54 Å². The van der Waals surface area contributed by atoms with Crippen molar-refractivity contribution in [3.05, 3.63) is 18.0 Å². The Morgan fingerprint density at radius 3 is 2.32 bits per heavy atom. The molecule has 1 N–H and O–H groups in total. The Labute approximate surface area is 116 Å². The third-order valence-corrected chi connectivity index (χ3v) is 3.84. The van der Waals surface area contributed by atoms with Gasteiger partial charge in [-0.25, -0.2) is 9.97 Å². The minimum atomic E-state index is 0.674. The van der Waals surface area contributed by atoms with Gasteiger partial charge in [0.1, 0.15) is 0 Å². The van der Waals surface area contributed by atoms with Crippen LogP contribution >= 0.6 is 0 Å². The van der Waals surface area contributed by atoms with Gasteiger partial charge < -0.3 is 10.2 Å². The molecular weight excluding hydrogens is 236 g/mol. The normalized spacial score (nSPS) is 23.3. The van der Waals surface area contributed by atoms with Crippen LogP contribution in [0.3, 0.4) is 0 Å². The molecule has 0 spiro atoms. The molecule has 1 fully saturated rings. The zero-order chi connectivity index (χ0) is 13.8. The number of hydrogen-bond acceptors (Lipinski definition) is 4. The van der Waals surface area contributed by atoms with Crippen molar-refractivity contribution in [1.29, 1.82) is 0 Å². The van der Waals surface area contributed by atoms with Crippen LogP contribution in [0.5, 0.6) is 0 Å². The molecule has 1 aliphatic heterocycles. The minimum absolute atomic E-state index is 0.674. The zero-order valence-corrected chi connectivity index (χ0v) is 12.6. The largest absolute Gasteiger partial charge is 0.340 e. The van der Waals surface area contributed by atoms with E-state index in [1.807, 2.05) is 12.4 Å². The Kier molecular flexibility index (Phi) is 4.75. The lowest BCUT2D eigenvalue weighted by Crippen LogP contribution is -2.23. The summed E-state index contributed by atoms with van der Waals surface area (Å²) in [5.74, 6) is 3.02. The summed E-state index contributed by atoms with van der Waals surface area (Å²) in [4.78, 5) is 11.3. The van der Waals surface area contributed by atoms with E-state index in [4.69, 9.17) is 0 Å². The van der Waals surface area contributed by atoms with E-state index < -0.39 is 0 Å². The maximum Gasteiger partial charge on any atom is 0.225 e. The maximum absolute atomic E-state index is 4.50. The van der Waals surface area contributed by atoms with Crippen LogP contribution in [0, 0.1) is 17.8 Å². The van der Waals surface area contributed by atoms with E-state index in [9.17, 15) is 0 Å². The number of aromatic nitrogens is 2. The first-order chi connectivity index (χ1) is 9.06. The fourth-order valence-electron chi connectivity index (χ4n) is 2.40. The van der Waals surface area contributed by atoms with Gasteiger partial charge in [0.05, 0.1) is 0 Å². The van der Waals surface area contributed by atoms with Gasteiger partial charge in [-0.2, -0.15) is 0 Å². The lowest BCUT2D eigenvalue weighted by atomic mass is 10.0. The zero-order valence-electron chi connectivity index (χ0n) is 12.6. The molecule has 4 heteroatoms. The van der Waals surface area contributed by atoms with Crippen molar-refractivity contribution in [1.82, 2.24) is 15.3 Å².